The van der Waals surface area contributed by atoms with E-state index in [1.165, 1.54) is 16.8 Å². The molecule has 3 nitrogen and oxygen atoms in total. The highest BCUT2D eigenvalue weighted by molar-refractivity contribution is 9.11. The van der Waals surface area contributed by atoms with Gasteiger partial charge in [-0.15, -0.1) is 0 Å². The molecule has 5 heteroatoms. The molecule has 0 bridgehead atoms. The maximum Gasteiger partial charge on any atom is 0.0646 e. The van der Waals surface area contributed by atoms with E-state index in [9.17, 15) is 0 Å². The van der Waals surface area contributed by atoms with Crippen LogP contribution in [0.25, 0.3) is 0 Å². The second-order valence-corrected chi connectivity index (χ2v) is 6.44. The number of aromatic nitrogens is 2. The molecular formula is C14H17Br2N3. The van der Waals surface area contributed by atoms with Gasteiger partial charge in [-0.25, -0.2) is 0 Å². The molecule has 0 radical (unpaired) electrons. The van der Waals surface area contributed by atoms with Crippen LogP contribution in [0.2, 0.25) is 0 Å². The fraction of sp³-hybridized carbons (Fsp3) is 0.357. The van der Waals surface area contributed by atoms with Gasteiger partial charge >= 0.3 is 0 Å². The summed E-state index contributed by atoms with van der Waals surface area (Å²) in [4.78, 5) is 0. The molecule has 1 aromatic heterocycles. The molecule has 1 aromatic carbocycles. The molecule has 0 amide bonds. The normalized spacial score (nSPS) is 10.8. The first-order valence-corrected chi connectivity index (χ1v) is 7.67. The lowest BCUT2D eigenvalue weighted by atomic mass is 10.2. The van der Waals surface area contributed by atoms with Crippen molar-refractivity contribution in [2.75, 3.05) is 5.32 Å². The Morgan fingerprint density at radius 2 is 1.74 bits per heavy atom. The van der Waals surface area contributed by atoms with Crippen molar-refractivity contribution in [3.05, 3.63) is 43.6 Å². The molecule has 0 spiro atoms. The highest BCUT2D eigenvalue weighted by Crippen LogP contribution is 2.32. The molecule has 2 rings (SSSR count). The molecule has 19 heavy (non-hydrogen) atoms. The van der Waals surface area contributed by atoms with Gasteiger partial charge in [0.2, 0.25) is 0 Å². The van der Waals surface area contributed by atoms with E-state index in [4.69, 9.17) is 0 Å². The molecule has 0 unspecified atom stereocenters. The predicted molar refractivity (Wildman–Crippen MR) is 86.6 cm³/mol. The number of nitrogens with zero attached hydrogens (tertiary/aromatic N) is 2. The third-order valence-electron chi connectivity index (χ3n) is 3.29. The standard InChI is InChI=1S/C14H17Br2N3/c1-8-5-12(15)14(13(16)6-8)17-7-11-9(2)18-19(4)10(11)3/h5-6,17H,7H2,1-4H3. The van der Waals surface area contributed by atoms with Gasteiger partial charge in [-0.1, -0.05) is 0 Å². The summed E-state index contributed by atoms with van der Waals surface area (Å²) >= 11 is 7.20. The van der Waals surface area contributed by atoms with Gasteiger partial charge in [0.25, 0.3) is 0 Å². The second-order valence-electron chi connectivity index (χ2n) is 4.73. The molecule has 0 saturated carbocycles. The fourth-order valence-electron chi connectivity index (χ4n) is 2.12. The molecule has 2 aromatic rings. The van der Waals surface area contributed by atoms with Gasteiger partial charge in [-0.05, 0) is 70.3 Å². The smallest absolute Gasteiger partial charge is 0.0646 e. The first kappa shape index (κ1) is 14.6. The van der Waals surface area contributed by atoms with Crippen LogP contribution < -0.4 is 5.32 Å². The van der Waals surface area contributed by atoms with E-state index in [2.05, 4.69) is 68.3 Å². The van der Waals surface area contributed by atoms with Gasteiger partial charge in [-0.2, -0.15) is 5.10 Å². The van der Waals surface area contributed by atoms with Crippen molar-refractivity contribution in [3.63, 3.8) is 0 Å². The van der Waals surface area contributed by atoms with Crippen molar-refractivity contribution in [1.29, 1.82) is 0 Å². The summed E-state index contributed by atoms with van der Waals surface area (Å²) in [5, 5.41) is 7.91. The summed E-state index contributed by atoms with van der Waals surface area (Å²) < 4.78 is 4.06. The third kappa shape index (κ3) is 3.03. The third-order valence-corrected chi connectivity index (χ3v) is 4.54. The number of benzene rings is 1. The molecule has 0 aliphatic heterocycles. The number of anilines is 1. The van der Waals surface area contributed by atoms with Crippen LogP contribution in [-0.2, 0) is 13.6 Å². The zero-order chi connectivity index (χ0) is 14.2. The van der Waals surface area contributed by atoms with Gasteiger partial charge < -0.3 is 5.32 Å². The maximum atomic E-state index is 4.44. The van der Waals surface area contributed by atoms with Gasteiger partial charge in [0, 0.05) is 33.8 Å². The van der Waals surface area contributed by atoms with E-state index in [1.807, 2.05) is 18.7 Å². The SMILES string of the molecule is Cc1cc(Br)c(NCc2c(C)nn(C)c2C)c(Br)c1. The maximum absolute atomic E-state index is 4.44. The zero-order valence-electron chi connectivity index (χ0n) is 11.5. The Kier molecular flexibility index (Phi) is 4.36. The largest absolute Gasteiger partial charge is 0.379 e. The number of aryl methyl sites for hydroxylation is 3. The first-order valence-electron chi connectivity index (χ1n) is 6.08. The quantitative estimate of drug-likeness (QED) is 0.842. The molecule has 1 heterocycles. The van der Waals surface area contributed by atoms with Crippen molar-refractivity contribution >= 4 is 37.5 Å². The van der Waals surface area contributed by atoms with Crippen LogP contribution in [0.3, 0.4) is 0 Å². The molecule has 0 aliphatic rings. The van der Waals surface area contributed by atoms with Crippen molar-refractivity contribution < 1.29 is 0 Å². The summed E-state index contributed by atoms with van der Waals surface area (Å²) in [6.07, 6.45) is 0. The van der Waals surface area contributed by atoms with E-state index in [0.717, 1.165) is 26.9 Å². The number of hydrogen-bond donors (Lipinski definition) is 1. The lowest BCUT2D eigenvalue weighted by molar-refractivity contribution is 0.730. The van der Waals surface area contributed by atoms with Crippen LogP contribution in [-0.4, -0.2) is 9.78 Å². The van der Waals surface area contributed by atoms with Crippen molar-refractivity contribution in [2.45, 2.75) is 27.3 Å². The van der Waals surface area contributed by atoms with Crippen LogP contribution in [0.5, 0.6) is 0 Å². The Bertz CT molecular complexity index is 594. The molecule has 0 aliphatic carbocycles. The van der Waals surface area contributed by atoms with Crippen LogP contribution in [0.1, 0.15) is 22.5 Å². The molecular weight excluding hydrogens is 370 g/mol. The topological polar surface area (TPSA) is 29.9 Å². The summed E-state index contributed by atoms with van der Waals surface area (Å²) in [6, 6.07) is 4.21. The summed E-state index contributed by atoms with van der Waals surface area (Å²) in [7, 11) is 1.98. The predicted octanol–water partition coefficient (Wildman–Crippen LogP) is 4.48. The van der Waals surface area contributed by atoms with Crippen LogP contribution >= 0.6 is 31.9 Å². The Morgan fingerprint density at radius 3 is 2.21 bits per heavy atom. The molecule has 0 atom stereocenters. The average molecular weight is 387 g/mol. The monoisotopic (exact) mass is 385 g/mol. The number of nitrogens with one attached hydrogen (secondary N) is 1. The van der Waals surface area contributed by atoms with Crippen LogP contribution in [0, 0.1) is 20.8 Å². The number of halogens is 2. The Labute approximate surface area is 130 Å². The molecule has 0 fully saturated rings. The number of hydrogen-bond acceptors (Lipinski definition) is 2. The fourth-order valence-corrected chi connectivity index (χ4v) is 3.81. The van der Waals surface area contributed by atoms with E-state index in [-0.39, 0.29) is 0 Å². The van der Waals surface area contributed by atoms with E-state index in [0.29, 0.717) is 0 Å². The van der Waals surface area contributed by atoms with Crippen molar-refractivity contribution in [1.82, 2.24) is 9.78 Å². The minimum atomic E-state index is 0.770. The van der Waals surface area contributed by atoms with Crippen LogP contribution in [0.15, 0.2) is 21.1 Å². The summed E-state index contributed by atoms with van der Waals surface area (Å²) in [5.74, 6) is 0. The van der Waals surface area contributed by atoms with Gasteiger partial charge in [0.05, 0.1) is 11.4 Å². The van der Waals surface area contributed by atoms with Crippen LogP contribution in [0.4, 0.5) is 5.69 Å². The van der Waals surface area contributed by atoms with E-state index < -0.39 is 0 Å². The number of rotatable bonds is 3. The minimum absolute atomic E-state index is 0.770. The lowest BCUT2D eigenvalue weighted by Crippen LogP contribution is -2.03. The molecule has 0 saturated heterocycles. The minimum Gasteiger partial charge on any atom is -0.379 e. The highest BCUT2D eigenvalue weighted by atomic mass is 79.9. The lowest BCUT2D eigenvalue weighted by Gasteiger charge is -2.12. The Morgan fingerprint density at radius 1 is 1.16 bits per heavy atom. The first-order chi connectivity index (χ1) is 8.90. The average Bonchev–Trinajstić information content (AvgIpc) is 2.53. The molecule has 102 valence electrons. The summed E-state index contributed by atoms with van der Waals surface area (Å²) in [5.41, 5.74) is 5.82. The van der Waals surface area contributed by atoms with E-state index >= 15 is 0 Å². The van der Waals surface area contributed by atoms with Crippen molar-refractivity contribution in [3.8, 4) is 0 Å². The second kappa shape index (κ2) is 5.67. The Hall–Kier alpha value is -0.810. The summed E-state index contributed by atoms with van der Waals surface area (Å²) in [6.45, 7) is 6.99. The molecule has 1 N–H and O–H groups in total. The highest BCUT2D eigenvalue weighted by Gasteiger charge is 2.11. The zero-order valence-corrected chi connectivity index (χ0v) is 14.7. The van der Waals surface area contributed by atoms with Crippen molar-refractivity contribution in [2.24, 2.45) is 7.05 Å². The van der Waals surface area contributed by atoms with Gasteiger partial charge in [-0.3, -0.25) is 4.68 Å². The Balaban J connectivity index is 2.24. The van der Waals surface area contributed by atoms with Gasteiger partial charge in [0.15, 0.2) is 0 Å². The van der Waals surface area contributed by atoms with Gasteiger partial charge in [0.1, 0.15) is 0 Å². The van der Waals surface area contributed by atoms with E-state index in [1.54, 1.807) is 0 Å².